The minimum Gasteiger partial charge on any atom is -0.381 e. The highest BCUT2D eigenvalue weighted by atomic mass is 32.2. The van der Waals surface area contributed by atoms with E-state index in [-0.39, 0.29) is 0 Å². The normalized spacial score (nSPS) is 10.6. The van der Waals surface area contributed by atoms with Crippen LogP contribution in [0.4, 0.5) is 6.01 Å². The van der Waals surface area contributed by atoms with E-state index in [2.05, 4.69) is 4.98 Å². The van der Waals surface area contributed by atoms with Crippen LogP contribution in [-0.4, -0.2) is 16.2 Å². The first-order valence-electron chi connectivity index (χ1n) is 3.79. The Balaban J connectivity index is 2.60. The highest BCUT2D eigenvalue weighted by Crippen LogP contribution is 2.24. The van der Waals surface area contributed by atoms with Crippen LogP contribution in [0.1, 0.15) is 0 Å². The summed E-state index contributed by atoms with van der Waals surface area (Å²) in [7, 11) is 0. The summed E-state index contributed by atoms with van der Waals surface area (Å²) >= 11 is 1.54. The third kappa shape index (κ3) is 1.44. The molecule has 0 saturated carbocycles. The van der Waals surface area contributed by atoms with Crippen LogP contribution >= 0.6 is 11.8 Å². The van der Waals surface area contributed by atoms with E-state index >= 15 is 0 Å². The second-order valence-corrected chi connectivity index (χ2v) is 3.47. The second kappa shape index (κ2) is 3.30. The molecule has 6 heteroatoms. The Morgan fingerprint density at radius 3 is 3.00 bits per heavy atom. The van der Waals surface area contributed by atoms with Crippen molar-refractivity contribution in [2.45, 2.75) is 4.90 Å². The number of hydrogen-bond acceptors (Lipinski definition) is 5. The number of hydrogen-bond donors (Lipinski definition) is 0. The first-order valence-corrected chi connectivity index (χ1v) is 5.02. The van der Waals surface area contributed by atoms with Gasteiger partial charge in [0.05, 0.1) is 0 Å². The SMILES string of the molecule is CSc1ccc2nc([N+](=O)[O-])oc2c1. The second-order valence-electron chi connectivity index (χ2n) is 2.59. The molecule has 0 spiro atoms. The van der Waals surface area contributed by atoms with Crippen molar-refractivity contribution in [2.24, 2.45) is 0 Å². The maximum atomic E-state index is 10.4. The summed E-state index contributed by atoms with van der Waals surface area (Å²) in [5.41, 5.74) is 0.957. The highest BCUT2D eigenvalue weighted by molar-refractivity contribution is 7.98. The maximum Gasteiger partial charge on any atom is 0.546 e. The van der Waals surface area contributed by atoms with Gasteiger partial charge in [-0.2, -0.15) is 0 Å². The van der Waals surface area contributed by atoms with Crippen LogP contribution in [0.15, 0.2) is 27.5 Å². The molecular weight excluding hydrogens is 204 g/mol. The van der Waals surface area contributed by atoms with E-state index in [0.717, 1.165) is 4.90 Å². The zero-order valence-electron chi connectivity index (χ0n) is 7.26. The van der Waals surface area contributed by atoms with E-state index in [9.17, 15) is 10.1 Å². The van der Waals surface area contributed by atoms with Crippen LogP contribution < -0.4 is 0 Å². The molecule has 0 N–H and O–H groups in total. The van der Waals surface area contributed by atoms with Crippen LogP contribution in [0.5, 0.6) is 0 Å². The third-order valence-corrected chi connectivity index (χ3v) is 2.47. The largest absolute Gasteiger partial charge is 0.546 e. The maximum absolute atomic E-state index is 10.4. The van der Waals surface area contributed by atoms with E-state index in [4.69, 9.17) is 4.42 Å². The minimum atomic E-state index is -0.640. The molecule has 0 radical (unpaired) electrons. The average Bonchev–Trinajstić information content (AvgIpc) is 2.59. The van der Waals surface area contributed by atoms with Crippen LogP contribution in [0, 0.1) is 10.1 Å². The standard InChI is InChI=1S/C8H6N2O3S/c1-14-5-2-3-6-7(4-5)13-8(9-6)10(11)12/h2-4H,1H3. The van der Waals surface area contributed by atoms with Crippen molar-refractivity contribution < 1.29 is 9.34 Å². The van der Waals surface area contributed by atoms with Gasteiger partial charge in [0, 0.05) is 14.8 Å². The summed E-state index contributed by atoms with van der Waals surface area (Å²) in [4.78, 5) is 14.4. The Hall–Kier alpha value is -1.56. The van der Waals surface area contributed by atoms with Gasteiger partial charge < -0.3 is 14.5 Å². The van der Waals surface area contributed by atoms with Crippen LogP contribution in [0.2, 0.25) is 0 Å². The number of rotatable bonds is 2. The molecule has 0 bridgehead atoms. The Bertz CT molecular complexity index is 494. The van der Waals surface area contributed by atoms with Crippen molar-refractivity contribution in [2.75, 3.05) is 6.26 Å². The third-order valence-electron chi connectivity index (χ3n) is 1.74. The molecule has 0 aliphatic rings. The topological polar surface area (TPSA) is 69.2 Å². The number of nitrogens with zero attached hydrogens (tertiary/aromatic N) is 2. The minimum absolute atomic E-state index is 0.448. The van der Waals surface area contributed by atoms with Crippen molar-refractivity contribution in [3.63, 3.8) is 0 Å². The van der Waals surface area contributed by atoms with Gasteiger partial charge >= 0.3 is 6.01 Å². The molecule has 14 heavy (non-hydrogen) atoms. The number of nitro groups is 1. The van der Waals surface area contributed by atoms with Gasteiger partial charge in [0.15, 0.2) is 5.58 Å². The summed E-state index contributed by atoms with van der Waals surface area (Å²) in [6.07, 6.45) is 1.92. The Morgan fingerprint density at radius 1 is 1.57 bits per heavy atom. The molecule has 2 rings (SSSR count). The lowest BCUT2D eigenvalue weighted by molar-refractivity contribution is -0.406. The van der Waals surface area contributed by atoms with Crippen molar-refractivity contribution in [1.29, 1.82) is 0 Å². The van der Waals surface area contributed by atoms with Crippen LogP contribution in [0.3, 0.4) is 0 Å². The zero-order chi connectivity index (χ0) is 10.1. The molecule has 72 valence electrons. The number of benzene rings is 1. The number of fused-ring (bicyclic) bond motifs is 1. The quantitative estimate of drug-likeness (QED) is 0.432. The monoisotopic (exact) mass is 210 g/mol. The van der Waals surface area contributed by atoms with E-state index in [1.165, 1.54) is 0 Å². The molecule has 0 atom stereocenters. The van der Waals surface area contributed by atoms with Gasteiger partial charge in [-0.3, -0.25) is 0 Å². The molecular formula is C8H6N2O3S. The molecule has 1 aromatic heterocycles. The fraction of sp³-hybridized carbons (Fsp3) is 0.125. The van der Waals surface area contributed by atoms with Crippen LogP contribution in [-0.2, 0) is 0 Å². The summed E-state index contributed by atoms with van der Waals surface area (Å²) in [6.45, 7) is 0. The van der Waals surface area contributed by atoms with Gasteiger partial charge in [0.1, 0.15) is 0 Å². The molecule has 1 aromatic carbocycles. The van der Waals surface area contributed by atoms with Gasteiger partial charge in [-0.25, -0.2) is 0 Å². The van der Waals surface area contributed by atoms with Gasteiger partial charge in [0.2, 0.25) is 5.52 Å². The van der Waals surface area contributed by atoms with Crippen molar-refractivity contribution >= 4 is 28.9 Å². The van der Waals surface area contributed by atoms with Gasteiger partial charge in [-0.05, 0) is 24.5 Å². The predicted molar refractivity (Wildman–Crippen MR) is 52.4 cm³/mol. The number of thioether (sulfide) groups is 1. The van der Waals surface area contributed by atoms with Gasteiger partial charge in [-0.1, -0.05) is 0 Å². The summed E-state index contributed by atoms with van der Waals surface area (Å²) in [6, 6.07) is 4.83. The van der Waals surface area contributed by atoms with E-state index in [1.54, 1.807) is 23.9 Å². The fourth-order valence-corrected chi connectivity index (χ4v) is 1.53. The van der Waals surface area contributed by atoms with Crippen molar-refractivity contribution in [3.05, 3.63) is 28.3 Å². The molecule has 0 aliphatic heterocycles. The Morgan fingerprint density at radius 2 is 2.36 bits per heavy atom. The summed E-state index contributed by atoms with van der Waals surface area (Å²) < 4.78 is 4.95. The molecule has 2 aromatic rings. The molecule has 0 amide bonds. The first-order chi connectivity index (χ1) is 6.70. The van der Waals surface area contributed by atoms with Gasteiger partial charge in [-0.15, -0.1) is 11.8 Å². The molecule has 1 heterocycles. The van der Waals surface area contributed by atoms with Crippen LogP contribution in [0.25, 0.3) is 11.1 Å². The summed E-state index contributed by atoms with van der Waals surface area (Å²) in [5, 5.41) is 10.4. The molecule has 0 fully saturated rings. The first kappa shape index (κ1) is 9.01. The number of aromatic nitrogens is 1. The molecule has 0 aliphatic carbocycles. The molecule has 0 unspecified atom stereocenters. The van der Waals surface area contributed by atoms with Gasteiger partial charge in [0.25, 0.3) is 0 Å². The molecule has 0 saturated heterocycles. The van der Waals surface area contributed by atoms with E-state index in [1.807, 2.05) is 12.3 Å². The Labute approximate surface area is 83.3 Å². The predicted octanol–water partition coefficient (Wildman–Crippen LogP) is 2.46. The highest BCUT2D eigenvalue weighted by Gasteiger charge is 2.17. The Kier molecular flexibility index (Phi) is 2.12. The lowest BCUT2D eigenvalue weighted by Crippen LogP contribution is -1.85. The number of oxazole rings is 1. The fourth-order valence-electron chi connectivity index (χ4n) is 1.10. The van der Waals surface area contributed by atoms with Crippen molar-refractivity contribution in [3.8, 4) is 0 Å². The van der Waals surface area contributed by atoms with Crippen molar-refractivity contribution in [1.82, 2.24) is 4.98 Å². The lowest BCUT2D eigenvalue weighted by atomic mass is 10.3. The van der Waals surface area contributed by atoms with E-state index in [0.29, 0.717) is 11.1 Å². The average molecular weight is 210 g/mol. The molecule has 5 nitrogen and oxygen atoms in total. The zero-order valence-corrected chi connectivity index (χ0v) is 8.08. The van der Waals surface area contributed by atoms with E-state index < -0.39 is 10.9 Å². The lowest BCUT2D eigenvalue weighted by Gasteiger charge is -1.90. The smallest absolute Gasteiger partial charge is 0.381 e. The summed E-state index contributed by atoms with van der Waals surface area (Å²) in [5.74, 6) is 0.